The first-order chi connectivity index (χ1) is 6.89. The van der Waals surface area contributed by atoms with Gasteiger partial charge in [-0.25, -0.2) is 4.98 Å². The minimum absolute atomic E-state index is 0. The Labute approximate surface area is 114 Å². The molecule has 1 aromatic heterocycles. The van der Waals surface area contributed by atoms with Gasteiger partial charge in [0, 0.05) is 25.0 Å². The van der Waals surface area contributed by atoms with Crippen LogP contribution in [0.4, 0.5) is 0 Å². The van der Waals surface area contributed by atoms with Crippen LogP contribution >= 0.6 is 24.8 Å². The summed E-state index contributed by atoms with van der Waals surface area (Å²) in [5, 5.41) is 2.85. The number of imidazole rings is 1. The fraction of sp³-hybridized carbons (Fsp3) is 0.600. The second-order valence-corrected chi connectivity index (χ2v) is 4.36. The number of amides is 1. The van der Waals surface area contributed by atoms with Crippen LogP contribution in [0.1, 0.15) is 20.8 Å². The van der Waals surface area contributed by atoms with Crippen LogP contribution in [-0.4, -0.2) is 27.0 Å². The minimum atomic E-state index is -0.830. The Kier molecular flexibility index (Phi) is 8.23. The average molecular weight is 283 g/mol. The van der Waals surface area contributed by atoms with Crippen molar-refractivity contribution in [3.8, 4) is 0 Å². The molecule has 1 rings (SSSR count). The molecule has 0 spiro atoms. The number of halogens is 2. The van der Waals surface area contributed by atoms with Crippen molar-refractivity contribution in [1.29, 1.82) is 0 Å². The molecule has 0 fully saturated rings. The van der Waals surface area contributed by atoms with Crippen molar-refractivity contribution in [2.24, 2.45) is 5.73 Å². The SMILES string of the molecule is CC(Cn1ccnc1)NC(=O)C(C)(C)N.Cl.Cl. The number of hydrogen-bond acceptors (Lipinski definition) is 3. The largest absolute Gasteiger partial charge is 0.350 e. The van der Waals surface area contributed by atoms with E-state index in [2.05, 4.69) is 10.3 Å². The summed E-state index contributed by atoms with van der Waals surface area (Å²) in [4.78, 5) is 15.5. The molecule has 3 N–H and O–H groups in total. The molecule has 0 saturated heterocycles. The Bertz CT molecular complexity index is 322. The van der Waals surface area contributed by atoms with E-state index in [9.17, 15) is 4.79 Å². The van der Waals surface area contributed by atoms with E-state index in [0.29, 0.717) is 6.54 Å². The average Bonchev–Trinajstić information content (AvgIpc) is 2.54. The predicted octanol–water partition coefficient (Wildman–Crippen LogP) is 0.969. The first-order valence-corrected chi connectivity index (χ1v) is 4.95. The molecule has 5 nitrogen and oxygen atoms in total. The molecule has 0 aliphatic heterocycles. The molecular weight excluding hydrogens is 263 g/mol. The van der Waals surface area contributed by atoms with E-state index in [-0.39, 0.29) is 36.8 Å². The lowest BCUT2D eigenvalue weighted by atomic mass is 10.1. The number of carbonyl (C=O) groups excluding carboxylic acids is 1. The van der Waals surface area contributed by atoms with Crippen molar-refractivity contribution in [3.05, 3.63) is 18.7 Å². The normalized spacial score (nSPS) is 12.0. The number of nitrogens with two attached hydrogens (primary N) is 1. The van der Waals surface area contributed by atoms with Gasteiger partial charge >= 0.3 is 0 Å². The molecule has 7 heteroatoms. The molecule has 0 aromatic carbocycles. The zero-order valence-electron chi connectivity index (χ0n) is 10.2. The Balaban J connectivity index is 0. The molecule has 17 heavy (non-hydrogen) atoms. The third-order valence-electron chi connectivity index (χ3n) is 2.01. The summed E-state index contributed by atoms with van der Waals surface area (Å²) in [6, 6.07) is 0.0366. The van der Waals surface area contributed by atoms with Gasteiger partial charge in [-0.3, -0.25) is 4.79 Å². The van der Waals surface area contributed by atoms with Crippen LogP contribution in [0.3, 0.4) is 0 Å². The van der Waals surface area contributed by atoms with Crippen molar-refractivity contribution in [3.63, 3.8) is 0 Å². The van der Waals surface area contributed by atoms with Gasteiger partial charge in [0.15, 0.2) is 0 Å². The maximum Gasteiger partial charge on any atom is 0.239 e. The van der Waals surface area contributed by atoms with Crippen LogP contribution < -0.4 is 11.1 Å². The van der Waals surface area contributed by atoms with Crippen LogP contribution in [0.15, 0.2) is 18.7 Å². The molecule has 1 aromatic rings. The van der Waals surface area contributed by atoms with Gasteiger partial charge in [0.05, 0.1) is 11.9 Å². The molecule has 1 atom stereocenters. The van der Waals surface area contributed by atoms with Gasteiger partial charge in [-0.1, -0.05) is 0 Å². The lowest BCUT2D eigenvalue weighted by molar-refractivity contribution is -0.125. The Morgan fingerprint density at radius 1 is 1.53 bits per heavy atom. The van der Waals surface area contributed by atoms with Crippen molar-refractivity contribution in [2.45, 2.75) is 38.9 Å². The van der Waals surface area contributed by atoms with Gasteiger partial charge in [-0.15, -0.1) is 24.8 Å². The van der Waals surface area contributed by atoms with E-state index < -0.39 is 5.54 Å². The topological polar surface area (TPSA) is 72.9 Å². The summed E-state index contributed by atoms with van der Waals surface area (Å²) in [5.74, 6) is -0.143. The zero-order chi connectivity index (χ0) is 11.5. The van der Waals surface area contributed by atoms with Crippen LogP contribution in [0.25, 0.3) is 0 Å². The molecule has 0 bridgehead atoms. The quantitative estimate of drug-likeness (QED) is 0.864. The summed E-state index contributed by atoms with van der Waals surface area (Å²) in [7, 11) is 0. The van der Waals surface area contributed by atoms with Crippen molar-refractivity contribution >= 4 is 30.7 Å². The third-order valence-corrected chi connectivity index (χ3v) is 2.01. The molecule has 0 radical (unpaired) electrons. The number of carbonyl (C=O) groups is 1. The summed E-state index contributed by atoms with van der Waals surface area (Å²) >= 11 is 0. The maximum atomic E-state index is 11.5. The third kappa shape index (κ3) is 6.51. The number of hydrogen-bond donors (Lipinski definition) is 2. The number of nitrogens with one attached hydrogen (secondary N) is 1. The van der Waals surface area contributed by atoms with Gasteiger partial charge in [-0.2, -0.15) is 0 Å². The highest BCUT2D eigenvalue weighted by atomic mass is 35.5. The van der Waals surface area contributed by atoms with Gasteiger partial charge in [0.1, 0.15) is 0 Å². The Morgan fingerprint density at radius 2 is 2.12 bits per heavy atom. The zero-order valence-corrected chi connectivity index (χ0v) is 11.8. The number of nitrogens with zero attached hydrogens (tertiary/aromatic N) is 2. The fourth-order valence-electron chi connectivity index (χ4n) is 1.17. The van der Waals surface area contributed by atoms with Crippen molar-refractivity contribution in [1.82, 2.24) is 14.9 Å². The van der Waals surface area contributed by atoms with Crippen LogP contribution in [0.2, 0.25) is 0 Å². The molecule has 100 valence electrons. The Hall–Kier alpha value is -0.780. The summed E-state index contributed by atoms with van der Waals surface area (Å²) in [6.07, 6.45) is 5.29. The number of rotatable bonds is 4. The molecule has 0 saturated carbocycles. The molecular formula is C10H20Cl2N4O. The highest BCUT2D eigenvalue weighted by Gasteiger charge is 2.22. The highest BCUT2D eigenvalue weighted by molar-refractivity contribution is 5.86. The second-order valence-electron chi connectivity index (χ2n) is 4.36. The smallest absolute Gasteiger partial charge is 0.239 e. The van der Waals surface area contributed by atoms with Crippen LogP contribution in [0, 0.1) is 0 Å². The van der Waals surface area contributed by atoms with Crippen LogP contribution in [0.5, 0.6) is 0 Å². The summed E-state index contributed by atoms with van der Waals surface area (Å²) in [5.41, 5.74) is 4.84. The van der Waals surface area contributed by atoms with E-state index in [1.54, 1.807) is 26.4 Å². The monoisotopic (exact) mass is 282 g/mol. The van der Waals surface area contributed by atoms with Crippen LogP contribution in [-0.2, 0) is 11.3 Å². The van der Waals surface area contributed by atoms with E-state index in [1.165, 1.54) is 0 Å². The summed E-state index contributed by atoms with van der Waals surface area (Å²) < 4.78 is 1.91. The molecule has 1 unspecified atom stereocenters. The second kappa shape index (κ2) is 7.53. The predicted molar refractivity (Wildman–Crippen MR) is 72.6 cm³/mol. The lowest BCUT2D eigenvalue weighted by Crippen LogP contribution is -2.52. The van der Waals surface area contributed by atoms with E-state index >= 15 is 0 Å². The summed E-state index contributed by atoms with van der Waals surface area (Å²) in [6.45, 7) is 6.00. The van der Waals surface area contributed by atoms with Gasteiger partial charge in [0.2, 0.25) is 5.91 Å². The van der Waals surface area contributed by atoms with Crippen molar-refractivity contribution < 1.29 is 4.79 Å². The lowest BCUT2D eigenvalue weighted by Gasteiger charge is -2.22. The number of aromatic nitrogens is 2. The first-order valence-electron chi connectivity index (χ1n) is 4.95. The first kappa shape index (κ1) is 18.6. The van der Waals surface area contributed by atoms with Gasteiger partial charge < -0.3 is 15.6 Å². The Morgan fingerprint density at radius 3 is 2.53 bits per heavy atom. The van der Waals surface area contributed by atoms with Gasteiger partial charge in [-0.05, 0) is 20.8 Å². The fourth-order valence-corrected chi connectivity index (χ4v) is 1.17. The highest BCUT2D eigenvalue weighted by Crippen LogP contribution is 1.98. The van der Waals surface area contributed by atoms with E-state index in [1.807, 2.05) is 17.7 Å². The van der Waals surface area contributed by atoms with Crippen molar-refractivity contribution in [2.75, 3.05) is 0 Å². The van der Waals surface area contributed by atoms with E-state index in [4.69, 9.17) is 5.73 Å². The minimum Gasteiger partial charge on any atom is -0.350 e. The molecule has 1 heterocycles. The molecule has 0 aliphatic rings. The van der Waals surface area contributed by atoms with Gasteiger partial charge in [0.25, 0.3) is 0 Å². The standard InChI is InChI=1S/C10H18N4O.2ClH/c1-8(6-14-5-4-12-7-14)13-9(15)10(2,3)11;;/h4-5,7-8H,6,11H2,1-3H3,(H,13,15);2*1H. The molecule has 0 aliphatic carbocycles. The molecule has 1 amide bonds. The van der Waals surface area contributed by atoms with E-state index in [0.717, 1.165) is 0 Å². The maximum absolute atomic E-state index is 11.5.